The first kappa shape index (κ1) is 11.0. The topological polar surface area (TPSA) is 12.0 Å². The van der Waals surface area contributed by atoms with Crippen molar-refractivity contribution < 1.29 is 0 Å². The van der Waals surface area contributed by atoms with Crippen molar-refractivity contribution in [2.24, 2.45) is 0 Å². The lowest BCUT2D eigenvalue weighted by Crippen LogP contribution is -2.40. The van der Waals surface area contributed by atoms with Crippen molar-refractivity contribution in [2.75, 3.05) is 0 Å². The second kappa shape index (κ2) is 5.65. The maximum absolute atomic E-state index is 3.58. The zero-order valence-electron chi connectivity index (χ0n) is 8.65. The fourth-order valence-electron chi connectivity index (χ4n) is 1.40. The van der Waals surface area contributed by atoms with Crippen LogP contribution in [-0.2, 0) is 0 Å². The van der Waals surface area contributed by atoms with Crippen LogP contribution in [0, 0.1) is 0 Å². The van der Waals surface area contributed by atoms with E-state index in [1.807, 2.05) is 0 Å². The molecule has 0 spiro atoms. The van der Waals surface area contributed by atoms with E-state index in [0.717, 1.165) is 5.82 Å². The zero-order chi connectivity index (χ0) is 8.85. The van der Waals surface area contributed by atoms with Gasteiger partial charge in [-0.05, 0) is 6.04 Å². The van der Waals surface area contributed by atoms with E-state index in [1.165, 1.54) is 12.7 Å². The average Bonchev–Trinajstić information content (AvgIpc) is 1.98. The van der Waals surface area contributed by atoms with Crippen LogP contribution in [0.25, 0.3) is 0 Å². The predicted octanol–water partition coefficient (Wildman–Crippen LogP) is 2.80. The van der Waals surface area contributed by atoms with Gasteiger partial charge in [0.1, 0.15) is 0 Å². The van der Waals surface area contributed by atoms with Crippen LogP contribution in [-0.4, -0.2) is 12.9 Å². The Kier molecular flexibility index (Phi) is 5.66. The molecule has 0 rings (SSSR count). The quantitative estimate of drug-likeness (QED) is 0.602. The van der Waals surface area contributed by atoms with E-state index in [2.05, 4.69) is 39.8 Å². The summed E-state index contributed by atoms with van der Waals surface area (Å²) in [4.78, 5) is 0. The molecule has 1 N–H and O–H groups in total. The highest BCUT2D eigenvalue weighted by Gasteiger charge is 2.18. The molecule has 0 aromatic heterocycles. The Hall–Kier alpha value is 0.0249. The minimum atomic E-state index is 0.619. The summed E-state index contributed by atoms with van der Waals surface area (Å²) in [6, 6.07) is 0.619. The summed E-state index contributed by atoms with van der Waals surface area (Å²) in [6.07, 6.45) is 2.52. The Labute approximate surface area is 72.1 Å². The molecule has 1 nitrogen and oxygen atoms in total. The Morgan fingerprint density at radius 1 is 1.18 bits per heavy atom. The summed E-state index contributed by atoms with van der Waals surface area (Å²) in [5, 5.41) is 3.58. The molecule has 0 amide bonds. The van der Waals surface area contributed by atoms with Crippen LogP contribution in [0.1, 0.15) is 41.0 Å². The number of hydrogen-bond acceptors (Lipinski definition) is 1. The Bertz CT molecular complexity index is 93.6. The van der Waals surface area contributed by atoms with Crippen molar-refractivity contribution in [3.05, 3.63) is 0 Å². The molecule has 0 aliphatic carbocycles. The van der Waals surface area contributed by atoms with Gasteiger partial charge in [0.15, 0.2) is 0 Å². The molecule has 1 unspecified atom stereocenters. The van der Waals surface area contributed by atoms with Gasteiger partial charge in [-0.25, -0.2) is 0 Å². The molecule has 0 heterocycles. The third-order valence-corrected chi connectivity index (χ3v) is 2.32. The van der Waals surface area contributed by atoms with Crippen molar-refractivity contribution in [1.82, 2.24) is 5.23 Å². The van der Waals surface area contributed by atoms with Crippen molar-refractivity contribution in [3.8, 4) is 0 Å². The maximum Gasteiger partial charge on any atom is 0.223 e. The molecule has 2 heteroatoms. The summed E-state index contributed by atoms with van der Waals surface area (Å²) in [5.74, 6) is 0.808. The van der Waals surface area contributed by atoms with E-state index in [9.17, 15) is 0 Å². The normalized spacial score (nSPS) is 13.6. The Morgan fingerprint density at radius 3 is 2.00 bits per heavy atom. The van der Waals surface area contributed by atoms with Crippen LogP contribution in [0.4, 0.5) is 0 Å². The summed E-state index contributed by atoms with van der Waals surface area (Å²) in [5.41, 5.74) is 0. The van der Waals surface area contributed by atoms with E-state index in [4.69, 9.17) is 0 Å². The van der Waals surface area contributed by atoms with Crippen LogP contribution < -0.4 is 5.23 Å². The molecule has 11 heavy (non-hydrogen) atoms. The average molecular weight is 155 g/mol. The van der Waals surface area contributed by atoms with Crippen LogP contribution in [0.15, 0.2) is 0 Å². The standard InChI is InChI=1S/C9H22BN/c1-6-9(5)10(7-2)11-8(3)4/h8-9,11H,6-7H2,1-5H3. The molecule has 0 aromatic rings. The Balaban J connectivity index is 3.74. The van der Waals surface area contributed by atoms with Gasteiger partial charge in [0, 0.05) is 0 Å². The zero-order valence-corrected chi connectivity index (χ0v) is 8.65. The van der Waals surface area contributed by atoms with Gasteiger partial charge in [0.2, 0.25) is 6.85 Å². The van der Waals surface area contributed by atoms with E-state index in [-0.39, 0.29) is 0 Å². The van der Waals surface area contributed by atoms with Gasteiger partial charge in [0.05, 0.1) is 0 Å². The van der Waals surface area contributed by atoms with E-state index < -0.39 is 0 Å². The molecule has 66 valence electrons. The lowest BCUT2D eigenvalue weighted by molar-refractivity contribution is 0.709. The molecule has 0 saturated carbocycles. The monoisotopic (exact) mass is 155 g/mol. The van der Waals surface area contributed by atoms with E-state index >= 15 is 0 Å². The third-order valence-electron chi connectivity index (χ3n) is 2.32. The van der Waals surface area contributed by atoms with Gasteiger partial charge < -0.3 is 5.23 Å². The minimum Gasteiger partial charge on any atom is -0.353 e. The van der Waals surface area contributed by atoms with Gasteiger partial charge >= 0.3 is 0 Å². The van der Waals surface area contributed by atoms with Gasteiger partial charge in [-0.2, -0.15) is 0 Å². The fraction of sp³-hybridized carbons (Fsp3) is 1.00. The lowest BCUT2D eigenvalue weighted by atomic mass is 9.49. The van der Waals surface area contributed by atoms with Gasteiger partial charge in [-0.3, -0.25) is 0 Å². The fourth-order valence-corrected chi connectivity index (χ4v) is 1.40. The molecular weight excluding hydrogens is 133 g/mol. The molecule has 0 aromatic carbocycles. The second-order valence-corrected chi connectivity index (χ2v) is 3.72. The first-order valence-electron chi connectivity index (χ1n) is 4.87. The van der Waals surface area contributed by atoms with Crippen LogP contribution in [0.2, 0.25) is 12.1 Å². The highest BCUT2D eigenvalue weighted by atomic mass is 14.8. The molecular formula is C9H22BN. The van der Waals surface area contributed by atoms with Crippen molar-refractivity contribution in [3.63, 3.8) is 0 Å². The predicted molar refractivity (Wildman–Crippen MR) is 54.2 cm³/mol. The van der Waals surface area contributed by atoms with Crippen molar-refractivity contribution in [1.29, 1.82) is 0 Å². The summed E-state index contributed by atoms with van der Waals surface area (Å²) in [6.45, 7) is 12.0. The first-order valence-corrected chi connectivity index (χ1v) is 4.87. The van der Waals surface area contributed by atoms with E-state index in [0.29, 0.717) is 12.9 Å². The van der Waals surface area contributed by atoms with E-state index in [1.54, 1.807) is 0 Å². The third kappa shape index (κ3) is 4.46. The first-order chi connectivity index (χ1) is 5.11. The van der Waals surface area contributed by atoms with Crippen molar-refractivity contribution in [2.45, 2.75) is 59.2 Å². The molecule has 0 aliphatic rings. The smallest absolute Gasteiger partial charge is 0.223 e. The molecule has 1 atom stereocenters. The van der Waals surface area contributed by atoms with Crippen molar-refractivity contribution >= 4 is 6.85 Å². The SMILES string of the molecule is CCB(NC(C)C)C(C)CC. The van der Waals surface area contributed by atoms with Crippen LogP contribution in [0.5, 0.6) is 0 Å². The Morgan fingerprint density at radius 2 is 1.73 bits per heavy atom. The molecule has 0 radical (unpaired) electrons. The number of nitrogens with one attached hydrogen (secondary N) is 1. The summed E-state index contributed by atoms with van der Waals surface area (Å²) >= 11 is 0. The largest absolute Gasteiger partial charge is 0.353 e. The van der Waals surface area contributed by atoms with Gasteiger partial charge in [-0.1, -0.05) is 53.2 Å². The molecule has 0 saturated heterocycles. The molecule has 0 fully saturated rings. The highest BCUT2D eigenvalue weighted by molar-refractivity contribution is 6.57. The highest BCUT2D eigenvalue weighted by Crippen LogP contribution is 2.14. The summed E-state index contributed by atoms with van der Waals surface area (Å²) in [7, 11) is 0. The van der Waals surface area contributed by atoms with Gasteiger partial charge in [-0.15, -0.1) is 0 Å². The van der Waals surface area contributed by atoms with Gasteiger partial charge in [0.25, 0.3) is 0 Å². The molecule has 0 aliphatic heterocycles. The van der Waals surface area contributed by atoms with Crippen LogP contribution >= 0.6 is 0 Å². The number of rotatable bonds is 5. The second-order valence-electron chi connectivity index (χ2n) is 3.72. The number of hydrogen-bond donors (Lipinski definition) is 1. The van der Waals surface area contributed by atoms with Crippen LogP contribution in [0.3, 0.4) is 0 Å². The molecule has 0 bridgehead atoms. The maximum atomic E-state index is 3.58. The minimum absolute atomic E-state index is 0.619. The lowest BCUT2D eigenvalue weighted by Gasteiger charge is -2.21. The summed E-state index contributed by atoms with van der Waals surface area (Å²) < 4.78 is 0.